The molecular weight excluding hydrogens is 312 g/mol. The van der Waals surface area contributed by atoms with Crippen LogP contribution in [-0.4, -0.2) is 21.2 Å². The molecule has 78 valence electrons. The van der Waals surface area contributed by atoms with Crippen molar-refractivity contribution in [2.45, 2.75) is 36.3 Å². The van der Waals surface area contributed by atoms with Gasteiger partial charge in [-0.05, 0) is 0 Å². The van der Waals surface area contributed by atoms with Gasteiger partial charge in [0.2, 0.25) is 0 Å². The van der Waals surface area contributed by atoms with Crippen LogP contribution in [0.2, 0.25) is 0 Å². The first-order valence-corrected chi connectivity index (χ1v) is 6.49. The minimum atomic E-state index is -0.213. The number of fused-ring (bicyclic) bond motifs is 1. The molecule has 0 aromatic carbocycles. The first-order chi connectivity index (χ1) is 6.33. The minimum absolute atomic E-state index is 0.161. The molecule has 0 N–H and O–H groups in total. The van der Waals surface area contributed by atoms with Gasteiger partial charge in [-0.15, -0.1) is 0 Å². The fraction of sp³-hybridized carbons (Fsp3) is 0.800. The average Bonchev–Trinajstić information content (AvgIpc) is 2.37. The Bertz CT molecular complexity index is 296. The molecule has 0 bridgehead atoms. The molecule has 4 atom stereocenters. The van der Waals surface area contributed by atoms with E-state index in [0.717, 1.165) is 0 Å². The second kappa shape index (κ2) is 2.91. The van der Waals surface area contributed by atoms with Crippen molar-refractivity contribution in [3.63, 3.8) is 0 Å². The van der Waals surface area contributed by atoms with E-state index in [0.29, 0.717) is 12.8 Å². The summed E-state index contributed by atoms with van der Waals surface area (Å²) >= 11 is 6.87. The second-order valence-corrected chi connectivity index (χ2v) is 6.68. The van der Waals surface area contributed by atoms with Crippen molar-refractivity contribution in [2.75, 3.05) is 0 Å². The Morgan fingerprint density at radius 2 is 1.29 bits per heavy atom. The molecule has 2 saturated carbocycles. The molecule has 0 spiro atoms. The molecule has 2 nitrogen and oxygen atoms in total. The largest absolute Gasteiger partial charge is 0.298 e. The monoisotopic (exact) mass is 322 g/mol. The lowest BCUT2D eigenvalue weighted by molar-refractivity contribution is -0.119. The van der Waals surface area contributed by atoms with E-state index in [2.05, 4.69) is 31.9 Å². The average molecular weight is 324 g/mol. The van der Waals surface area contributed by atoms with Crippen LogP contribution >= 0.6 is 31.9 Å². The van der Waals surface area contributed by atoms with Crippen LogP contribution < -0.4 is 0 Å². The van der Waals surface area contributed by atoms with Crippen molar-refractivity contribution < 1.29 is 9.59 Å². The summed E-state index contributed by atoms with van der Waals surface area (Å²) in [5.41, 5.74) is -0.426. The SMILES string of the molecule is C[C@]12CC(=O)[C@H](Br)[C@@]1(C)CC(=O)[C@@H]2Br. The number of hydrogen-bond donors (Lipinski definition) is 0. The normalized spacial score (nSPS) is 52.6. The molecule has 0 unspecified atom stereocenters. The van der Waals surface area contributed by atoms with Gasteiger partial charge >= 0.3 is 0 Å². The van der Waals surface area contributed by atoms with Crippen molar-refractivity contribution in [2.24, 2.45) is 10.8 Å². The van der Waals surface area contributed by atoms with Crippen molar-refractivity contribution in [3.05, 3.63) is 0 Å². The summed E-state index contributed by atoms with van der Waals surface area (Å²) in [6.45, 7) is 4.08. The first kappa shape index (κ1) is 10.8. The number of alkyl halides is 2. The van der Waals surface area contributed by atoms with Gasteiger partial charge in [0, 0.05) is 23.7 Å². The molecule has 0 heterocycles. The summed E-state index contributed by atoms with van der Waals surface area (Å²) in [7, 11) is 0. The fourth-order valence-electron chi connectivity index (χ4n) is 2.78. The van der Waals surface area contributed by atoms with E-state index in [1.165, 1.54) is 0 Å². The Hall–Kier alpha value is 0.300. The summed E-state index contributed by atoms with van der Waals surface area (Å²) in [6.07, 6.45) is 1.00. The molecule has 0 aliphatic heterocycles. The van der Waals surface area contributed by atoms with E-state index in [-0.39, 0.29) is 32.1 Å². The molecule has 4 heteroatoms. The van der Waals surface area contributed by atoms with Gasteiger partial charge in [-0.25, -0.2) is 0 Å². The number of halogens is 2. The molecule has 0 aromatic rings. The van der Waals surface area contributed by atoms with Crippen LogP contribution in [0.15, 0.2) is 0 Å². The zero-order valence-corrected chi connectivity index (χ0v) is 11.3. The smallest absolute Gasteiger partial charge is 0.147 e. The van der Waals surface area contributed by atoms with Crippen molar-refractivity contribution in [1.82, 2.24) is 0 Å². The third-order valence-electron chi connectivity index (χ3n) is 4.07. The molecule has 2 fully saturated rings. The Morgan fingerprint density at radius 3 is 1.57 bits per heavy atom. The molecule has 2 aliphatic rings. The first-order valence-electron chi connectivity index (χ1n) is 4.66. The maximum absolute atomic E-state index is 11.7. The lowest BCUT2D eigenvalue weighted by atomic mass is 9.71. The van der Waals surface area contributed by atoms with Crippen LogP contribution in [0, 0.1) is 10.8 Å². The van der Waals surface area contributed by atoms with Gasteiger partial charge in [-0.1, -0.05) is 45.7 Å². The van der Waals surface area contributed by atoms with E-state index in [4.69, 9.17) is 0 Å². The van der Waals surface area contributed by atoms with Crippen LogP contribution in [0.1, 0.15) is 26.7 Å². The molecule has 0 amide bonds. The van der Waals surface area contributed by atoms with E-state index in [1.54, 1.807) is 0 Å². The van der Waals surface area contributed by atoms with Crippen LogP contribution in [-0.2, 0) is 9.59 Å². The van der Waals surface area contributed by atoms with Crippen molar-refractivity contribution >= 4 is 43.4 Å². The van der Waals surface area contributed by atoms with E-state index in [9.17, 15) is 9.59 Å². The topological polar surface area (TPSA) is 34.1 Å². The number of ketones is 2. The predicted molar refractivity (Wildman–Crippen MR) is 60.9 cm³/mol. The summed E-state index contributed by atoms with van der Waals surface area (Å²) in [4.78, 5) is 23.0. The Balaban J connectivity index is 2.51. The lowest BCUT2D eigenvalue weighted by Crippen LogP contribution is -2.36. The van der Waals surface area contributed by atoms with Gasteiger partial charge in [0.15, 0.2) is 0 Å². The maximum Gasteiger partial charge on any atom is 0.147 e. The fourth-order valence-corrected chi connectivity index (χ4v) is 4.47. The molecule has 0 aromatic heterocycles. The van der Waals surface area contributed by atoms with E-state index < -0.39 is 0 Å². The van der Waals surface area contributed by atoms with Gasteiger partial charge in [-0.2, -0.15) is 0 Å². The maximum atomic E-state index is 11.7. The molecular formula is C10H12Br2O2. The van der Waals surface area contributed by atoms with Crippen LogP contribution in [0.4, 0.5) is 0 Å². The van der Waals surface area contributed by atoms with Gasteiger partial charge < -0.3 is 0 Å². The summed E-state index contributed by atoms with van der Waals surface area (Å²) in [5.74, 6) is 0.457. The van der Waals surface area contributed by atoms with Gasteiger partial charge in [-0.3, -0.25) is 9.59 Å². The number of hydrogen-bond acceptors (Lipinski definition) is 2. The Morgan fingerprint density at radius 1 is 1.00 bits per heavy atom. The predicted octanol–water partition coefficient (Wildman–Crippen LogP) is 2.47. The van der Waals surface area contributed by atoms with Crippen molar-refractivity contribution in [1.29, 1.82) is 0 Å². The zero-order valence-electron chi connectivity index (χ0n) is 8.14. The summed E-state index contributed by atoms with van der Waals surface area (Å²) in [6, 6.07) is 0. The van der Waals surface area contributed by atoms with Gasteiger partial charge in [0.25, 0.3) is 0 Å². The van der Waals surface area contributed by atoms with Crippen molar-refractivity contribution in [3.8, 4) is 0 Å². The lowest BCUT2D eigenvalue weighted by Gasteiger charge is -2.36. The molecule has 14 heavy (non-hydrogen) atoms. The number of Topliss-reactive ketones (excluding diaryl/α,β-unsaturated/α-hetero) is 2. The minimum Gasteiger partial charge on any atom is -0.298 e. The van der Waals surface area contributed by atoms with Gasteiger partial charge in [0.05, 0.1) is 9.65 Å². The van der Waals surface area contributed by atoms with Gasteiger partial charge in [0.1, 0.15) is 11.6 Å². The standard InChI is InChI=1S/C10H12Br2O2/c1-9-3-5(13)8(12)10(9,2)4-6(14)7(9)11/h7-8H,3-4H2,1-2H3/t7-,8-,9+,10+/m0/s1. The van der Waals surface area contributed by atoms with Crippen LogP contribution in [0.25, 0.3) is 0 Å². The highest BCUT2D eigenvalue weighted by Gasteiger charge is 2.66. The molecule has 0 saturated heterocycles. The molecule has 2 aliphatic carbocycles. The van der Waals surface area contributed by atoms with Crippen LogP contribution in [0.5, 0.6) is 0 Å². The summed E-state index contributed by atoms with van der Waals surface area (Å²) < 4.78 is 0. The van der Waals surface area contributed by atoms with Crippen LogP contribution in [0.3, 0.4) is 0 Å². The number of carbonyl (C=O) groups excluding carboxylic acids is 2. The Kier molecular flexibility index (Phi) is 2.25. The quantitative estimate of drug-likeness (QED) is 0.642. The third-order valence-corrected chi connectivity index (χ3v) is 7.11. The highest BCUT2D eigenvalue weighted by Crippen LogP contribution is 2.63. The third kappa shape index (κ3) is 1.02. The highest BCUT2D eigenvalue weighted by molar-refractivity contribution is 9.10. The zero-order chi connectivity index (χ0) is 10.7. The molecule has 2 rings (SSSR count). The van der Waals surface area contributed by atoms with E-state index >= 15 is 0 Å². The number of carbonyl (C=O) groups is 2. The Labute approximate surface area is 100 Å². The van der Waals surface area contributed by atoms with E-state index in [1.807, 2.05) is 13.8 Å². The number of rotatable bonds is 0. The highest BCUT2D eigenvalue weighted by atomic mass is 79.9. The second-order valence-electron chi connectivity index (χ2n) is 4.85. The molecule has 0 radical (unpaired) electrons. The summed E-state index contributed by atoms with van der Waals surface area (Å²) in [5, 5.41) is 0.